The molecule has 472 valence electrons. The lowest BCUT2D eigenvalue weighted by molar-refractivity contribution is -0.135. The maximum Gasteiger partial charge on any atom is 0.330 e. The topological polar surface area (TPSA) is 253 Å². The molecule has 0 saturated carbocycles. The van der Waals surface area contributed by atoms with Crippen LogP contribution in [0.25, 0.3) is 11.2 Å². The number of unbranched alkanes of at least 4 members (excludes halogenated alkanes) is 14. The second-order valence-corrected chi connectivity index (χ2v) is 23.2. The second kappa shape index (κ2) is 32.3. The molecule has 6 aromatic rings. The van der Waals surface area contributed by atoms with Gasteiger partial charge >= 0.3 is 5.69 Å². The molecule has 0 spiro atoms. The van der Waals surface area contributed by atoms with Crippen molar-refractivity contribution in [2.75, 3.05) is 53.5 Å². The fourth-order valence-electron chi connectivity index (χ4n) is 12.1. The van der Waals surface area contributed by atoms with Gasteiger partial charge in [0.25, 0.3) is 11.1 Å². The summed E-state index contributed by atoms with van der Waals surface area (Å²) in [4.78, 5) is 82.5. The highest BCUT2D eigenvalue weighted by molar-refractivity contribution is 5.91. The number of fused-ring (bicyclic) bond motifs is 1. The summed E-state index contributed by atoms with van der Waals surface area (Å²) in [5.41, 5.74) is -0.656. The Morgan fingerprint density at radius 3 is 1.80 bits per heavy atom. The van der Waals surface area contributed by atoms with E-state index in [2.05, 4.69) is 32.2 Å². The van der Waals surface area contributed by atoms with Crippen LogP contribution >= 0.6 is 0 Å². The Hall–Kier alpha value is -7.01. The number of hydrogen-bond acceptors (Lipinski definition) is 15. The van der Waals surface area contributed by atoms with E-state index in [0.717, 1.165) is 42.4 Å². The number of hydrogen-bond donors (Lipinski definition) is 4. The normalized spacial score (nSPS) is 20.3. The molecular formula is C66H90N8O13. The van der Waals surface area contributed by atoms with E-state index in [9.17, 15) is 29.1 Å². The Morgan fingerprint density at radius 2 is 1.25 bits per heavy atom. The highest BCUT2D eigenvalue weighted by atomic mass is 16.6. The Kier molecular flexibility index (Phi) is 24.5. The van der Waals surface area contributed by atoms with Crippen molar-refractivity contribution in [1.29, 1.82) is 0 Å². The van der Waals surface area contributed by atoms with Gasteiger partial charge in [-0.15, -0.1) is 0 Å². The molecule has 8 rings (SSSR count). The predicted molar refractivity (Wildman–Crippen MR) is 331 cm³/mol. The summed E-state index contributed by atoms with van der Waals surface area (Å²) < 4.78 is 47.2. The van der Waals surface area contributed by atoms with E-state index >= 15 is 0 Å². The Bertz CT molecular complexity index is 3230. The molecule has 2 saturated heterocycles. The van der Waals surface area contributed by atoms with Gasteiger partial charge in [0.05, 0.1) is 33.3 Å². The maximum atomic E-state index is 14.9. The average molecular weight is 1200 g/mol. The van der Waals surface area contributed by atoms with E-state index in [1.165, 1.54) is 106 Å². The number of aromatic nitrogens is 6. The molecule has 0 unspecified atom stereocenters. The zero-order valence-corrected chi connectivity index (χ0v) is 51.7. The Labute approximate surface area is 509 Å². The number of aliphatic hydroxyl groups is 1. The van der Waals surface area contributed by atoms with Gasteiger partial charge in [0.1, 0.15) is 41.5 Å². The molecule has 8 atom stereocenters. The number of methoxy groups -OCH3 is 4. The molecule has 21 nitrogen and oxygen atoms in total. The number of nitrogens with zero attached hydrogens (tertiary/aromatic N) is 5. The lowest BCUT2D eigenvalue weighted by Crippen LogP contribution is -2.45. The van der Waals surface area contributed by atoms with Crippen LogP contribution in [0.4, 0.5) is 5.95 Å². The van der Waals surface area contributed by atoms with Crippen molar-refractivity contribution in [3.63, 3.8) is 0 Å². The standard InChI is InChI=1S/C66H90N8O13/c1-8-9-10-11-12-13-14-15-16-17-18-19-20-21-25-28-54(76)72(41-51-56(77)58(84-7)63(86-51)74-43-67-55-59(74)69-64(71-61(55)79)70-60(78)44(2)3)39-37-50-52(87-62(57(50)83-6)73-40-38-53(75)68-65(73)80)42-85-66(45-26-23-22-24-27-45,46-29-33-48(81-4)34-30-46)47-31-35-49(82-5)36-32-47/h22-24,26-27,29-36,38,40,43-44,50-52,56-58,62-63,77H,8-21,25,28,37,39,41-42H2,1-7H3,(H,68,75,80)(H2,69,70,71,78,79)/t50-,51-,52-,56-,57-,58-,62-,63-/m1/s1. The number of carbonyl (C=O) groups excluding carboxylic acids is 2. The molecule has 2 aliphatic heterocycles. The zero-order valence-electron chi connectivity index (χ0n) is 51.7. The van der Waals surface area contributed by atoms with Crippen LogP contribution in [0.5, 0.6) is 11.5 Å². The van der Waals surface area contributed by atoms with Crippen molar-refractivity contribution in [3.05, 3.63) is 145 Å². The van der Waals surface area contributed by atoms with Crippen LogP contribution in [0, 0.1) is 11.8 Å². The number of benzene rings is 3. The monoisotopic (exact) mass is 1200 g/mol. The van der Waals surface area contributed by atoms with Crippen LogP contribution < -0.4 is 31.6 Å². The first kappa shape index (κ1) is 66.0. The van der Waals surface area contributed by atoms with Crippen molar-refractivity contribution in [1.82, 2.24) is 34.0 Å². The van der Waals surface area contributed by atoms with E-state index in [-0.39, 0.29) is 61.5 Å². The largest absolute Gasteiger partial charge is 0.497 e. The summed E-state index contributed by atoms with van der Waals surface area (Å²) >= 11 is 0. The molecule has 0 radical (unpaired) electrons. The van der Waals surface area contributed by atoms with E-state index in [4.69, 9.17) is 33.2 Å². The fourth-order valence-corrected chi connectivity index (χ4v) is 12.1. The number of aromatic amines is 2. The van der Waals surface area contributed by atoms with Crippen molar-refractivity contribution < 1.29 is 47.9 Å². The summed E-state index contributed by atoms with van der Waals surface area (Å²) in [7, 11) is 6.19. The zero-order chi connectivity index (χ0) is 61.9. The van der Waals surface area contributed by atoms with Gasteiger partial charge < -0.3 is 43.2 Å². The SMILES string of the molecule is CCCCCCCCCCCCCCCCCC(=O)N(CC[C@H]1[C@@H](OC)[C@H](n2ccc(=O)[nH]c2=O)O[C@@H]1COC(c1ccccc1)(c1ccc(OC)cc1)c1ccc(OC)cc1)C[C@H]1O[C@@H](n2cnc3c(=O)[nH]c(NC(=O)C(C)C)nc32)[C@H](OC)[C@@H]1O. The number of rotatable bonds is 35. The van der Waals surface area contributed by atoms with E-state index in [1.54, 1.807) is 33.0 Å². The van der Waals surface area contributed by atoms with Crippen molar-refractivity contribution >= 4 is 28.9 Å². The van der Waals surface area contributed by atoms with E-state index in [0.29, 0.717) is 17.9 Å². The van der Waals surface area contributed by atoms with Gasteiger partial charge in [-0.1, -0.05) is 165 Å². The molecule has 5 heterocycles. The number of nitrogens with one attached hydrogen (secondary N) is 3. The fraction of sp³-hybridized carbons (Fsp3) is 0.561. The average Bonchev–Trinajstić information content (AvgIpc) is 1.85. The second-order valence-electron chi connectivity index (χ2n) is 23.2. The highest BCUT2D eigenvalue weighted by Gasteiger charge is 2.50. The molecule has 21 heteroatoms. The number of imidazole rings is 1. The molecule has 0 bridgehead atoms. The quantitative estimate of drug-likeness (QED) is 0.0213. The van der Waals surface area contributed by atoms with Gasteiger partial charge in [0.2, 0.25) is 17.8 Å². The third-order valence-corrected chi connectivity index (χ3v) is 17.1. The third kappa shape index (κ3) is 16.4. The minimum Gasteiger partial charge on any atom is -0.497 e. The number of ether oxygens (including phenoxy) is 7. The van der Waals surface area contributed by atoms with Crippen molar-refractivity contribution in [2.24, 2.45) is 11.8 Å². The molecule has 4 N–H and O–H groups in total. The molecule has 3 aromatic carbocycles. The molecular weight excluding hydrogens is 1110 g/mol. The van der Waals surface area contributed by atoms with Gasteiger partial charge in [0.15, 0.2) is 23.6 Å². The number of carbonyl (C=O) groups is 2. The lowest BCUT2D eigenvalue weighted by atomic mass is 9.79. The van der Waals surface area contributed by atoms with Gasteiger partial charge in [-0.3, -0.25) is 43.6 Å². The minimum absolute atomic E-state index is 0.0179. The molecule has 3 aromatic heterocycles. The Morgan fingerprint density at radius 1 is 0.701 bits per heavy atom. The van der Waals surface area contributed by atoms with Crippen LogP contribution in [0.15, 0.2) is 112 Å². The van der Waals surface area contributed by atoms with Crippen molar-refractivity contribution in [2.45, 2.75) is 179 Å². The van der Waals surface area contributed by atoms with E-state index < -0.39 is 77.2 Å². The van der Waals surface area contributed by atoms with Gasteiger partial charge in [-0.2, -0.15) is 4.98 Å². The van der Waals surface area contributed by atoms with Crippen LogP contribution in [-0.4, -0.2) is 130 Å². The van der Waals surface area contributed by atoms with E-state index in [1.807, 2.05) is 78.9 Å². The minimum atomic E-state index is -1.28. The molecule has 0 aliphatic carbocycles. The smallest absolute Gasteiger partial charge is 0.330 e. The summed E-state index contributed by atoms with van der Waals surface area (Å²) in [5.74, 6) is -0.239. The van der Waals surface area contributed by atoms with Gasteiger partial charge in [0, 0.05) is 57.8 Å². The number of amides is 2. The van der Waals surface area contributed by atoms with Gasteiger partial charge in [-0.05, 0) is 53.8 Å². The first-order valence-electron chi connectivity index (χ1n) is 31.1. The van der Waals surface area contributed by atoms with Crippen molar-refractivity contribution in [3.8, 4) is 11.5 Å². The summed E-state index contributed by atoms with van der Waals surface area (Å²) in [5, 5.41) is 14.8. The van der Waals surface area contributed by atoms with Crippen LogP contribution in [0.3, 0.4) is 0 Å². The first-order chi connectivity index (χ1) is 42.2. The first-order valence-corrected chi connectivity index (χ1v) is 31.1. The summed E-state index contributed by atoms with van der Waals surface area (Å²) in [6.45, 7) is 5.69. The van der Waals surface area contributed by atoms with Gasteiger partial charge in [-0.25, -0.2) is 9.78 Å². The van der Waals surface area contributed by atoms with Crippen LogP contribution in [-0.2, 0) is 38.9 Å². The van der Waals surface area contributed by atoms with Crippen LogP contribution in [0.1, 0.15) is 159 Å². The molecule has 2 aliphatic rings. The van der Waals surface area contributed by atoms with Crippen LogP contribution in [0.2, 0.25) is 0 Å². The molecule has 2 fully saturated rings. The highest BCUT2D eigenvalue weighted by Crippen LogP contribution is 2.45. The number of anilines is 1. The summed E-state index contributed by atoms with van der Waals surface area (Å²) in [6.07, 6.45) is 14.0. The third-order valence-electron chi connectivity index (χ3n) is 17.1. The predicted octanol–water partition coefficient (Wildman–Crippen LogP) is 9.57. The Balaban J connectivity index is 1.07. The number of H-pyrrole nitrogens is 2. The maximum absolute atomic E-state index is 14.9. The lowest BCUT2D eigenvalue weighted by Gasteiger charge is -2.37. The summed E-state index contributed by atoms with van der Waals surface area (Å²) in [6, 6.07) is 26.4. The molecule has 87 heavy (non-hydrogen) atoms. The number of aliphatic hydroxyl groups excluding tert-OH is 1. The molecule has 2 amide bonds.